The van der Waals surface area contributed by atoms with Crippen LogP contribution in [0.3, 0.4) is 0 Å². The Morgan fingerprint density at radius 3 is 2.18 bits per heavy atom. The summed E-state index contributed by atoms with van der Waals surface area (Å²) >= 11 is 0. The maximum Gasteiger partial charge on any atom is 0.305 e. The predicted molar refractivity (Wildman–Crippen MR) is 122 cm³/mol. The molecule has 9 nitrogen and oxygen atoms in total. The van der Waals surface area contributed by atoms with E-state index in [-0.39, 0.29) is 30.9 Å². The third-order valence-corrected chi connectivity index (χ3v) is 5.34. The molecule has 0 spiro atoms. The lowest BCUT2D eigenvalue weighted by Crippen LogP contribution is -2.18. The Balaban J connectivity index is 1.68. The van der Waals surface area contributed by atoms with Crippen molar-refractivity contribution >= 4 is 40.0 Å². The Morgan fingerprint density at radius 1 is 0.939 bits per heavy atom. The summed E-state index contributed by atoms with van der Waals surface area (Å²) in [5.41, 5.74) is 3.42. The van der Waals surface area contributed by atoms with Gasteiger partial charge in [0.15, 0.2) is 11.5 Å². The molecule has 0 saturated heterocycles. The van der Waals surface area contributed by atoms with Crippen molar-refractivity contribution in [3.05, 3.63) is 41.5 Å². The Hall–Kier alpha value is -3.88. The number of carbonyl (C=O) groups excluding carboxylic acids is 3. The highest BCUT2D eigenvalue weighted by Crippen LogP contribution is 2.44. The molecule has 1 heterocycles. The topological polar surface area (TPSA) is 120 Å². The second-order valence-corrected chi connectivity index (χ2v) is 7.46. The van der Waals surface area contributed by atoms with Crippen LogP contribution >= 0.6 is 0 Å². The fourth-order valence-electron chi connectivity index (χ4n) is 3.74. The summed E-state index contributed by atoms with van der Waals surface area (Å²) in [6, 6.07) is 9.02. The third-order valence-electron chi connectivity index (χ3n) is 5.34. The number of aromatic nitrogens is 1. The van der Waals surface area contributed by atoms with E-state index in [0.717, 1.165) is 0 Å². The number of hydrogen-bond donors (Lipinski definition) is 2. The molecule has 0 aliphatic heterocycles. The molecule has 9 heteroatoms. The molecule has 0 amide bonds. The first kappa shape index (κ1) is 22.3. The zero-order chi connectivity index (χ0) is 23.4. The van der Waals surface area contributed by atoms with Gasteiger partial charge in [0.25, 0.3) is 0 Å². The molecule has 2 aromatic carbocycles. The number of hydrogen-bond acceptors (Lipinski definition) is 9. The molecule has 1 aliphatic rings. The molecular weight excluding hydrogens is 426 g/mol. The number of ketones is 1. The summed E-state index contributed by atoms with van der Waals surface area (Å²) in [6.07, 6.45) is 0.608. The number of fused-ring (bicyclic) bond motifs is 2. The predicted octanol–water partition coefficient (Wildman–Crippen LogP) is 3.77. The summed E-state index contributed by atoms with van der Waals surface area (Å²) in [7, 11) is 0. The van der Waals surface area contributed by atoms with Crippen LogP contribution in [0.1, 0.15) is 42.6 Å². The van der Waals surface area contributed by atoms with E-state index < -0.39 is 0 Å². The average Bonchev–Trinajstić information content (AvgIpc) is 3.28. The fourth-order valence-corrected chi connectivity index (χ4v) is 3.74. The van der Waals surface area contributed by atoms with E-state index in [4.69, 9.17) is 14.0 Å². The summed E-state index contributed by atoms with van der Waals surface area (Å²) in [4.78, 5) is 36.2. The second kappa shape index (κ2) is 9.72. The van der Waals surface area contributed by atoms with Crippen LogP contribution < -0.4 is 10.6 Å². The molecule has 172 valence electrons. The Kier molecular flexibility index (Phi) is 6.58. The standard InChI is InChI=1S/C24H25N3O6/c1-3-18(28)31-11-9-25-16-13-17(26-10-12-32-19(29)4-2)22-21-20(16)23(30)14-7-5-6-8-15(14)24(21)33-27-22/h5-8,13,25-26H,3-4,9-12H2,1-2H3. The van der Waals surface area contributed by atoms with Crippen molar-refractivity contribution in [3.63, 3.8) is 0 Å². The minimum absolute atomic E-state index is 0.136. The summed E-state index contributed by atoms with van der Waals surface area (Å²) in [5.74, 6) is -0.176. The van der Waals surface area contributed by atoms with Crippen LogP contribution in [0.4, 0.5) is 11.4 Å². The zero-order valence-corrected chi connectivity index (χ0v) is 18.5. The number of carbonyl (C=O) groups is 3. The lowest BCUT2D eigenvalue weighted by molar-refractivity contribution is -0.143. The number of anilines is 2. The molecule has 0 bridgehead atoms. The van der Waals surface area contributed by atoms with Crippen molar-refractivity contribution in [2.75, 3.05) is 36.9 Å². The van der Waals surface area contributed by atoms with Gasteiger partial charge in [-0.05, 0) is 6.07 Å². The maximum atomic E-state index is 13.4. The first-order valence-corrected chi connectivity index (χ1v) is 10.9. The number of rotatable bonds is 10. The summed E-state index contributed by atoms with van der Waals surface area (Å²) in [6.45, 7) is 4.51. The van der Waals surface area contributed by atoms with E-state index in [1.807, 2.05) is 12.1 Å². The number of nitrogens with zero attached hydrogens (tertiary/aromatic N) is 1. The molecule has 1 aromatic heterocycles. The SMILES string of the molecule is CCC(=O)OCCNc1cc(NCCOC(=O)CC)c2noc3c2c1C(=O)c1ccccc1-3. The fraction of sp³-hybridized carbons (Fsp3) is 0.333. The van der Waals surface area contributed by atoms with Crippen LogP contribution in [0.5, 0.6) is 0 Å². The van der Waals surface area contributed by atoms with Crippen LogP contribution in [0.15, 0.2) is 34.9 Å². The quantitative estimate of drug-likeness (QED) is 0.274. The van der Waals surface area contributed by atoms with Gasteiger partial charge >= 0.3 is 11.9 Å². The lowest BCUT2D eigenvalue weighted by atomic mass is 9.86. The average molecular weight is 451 g/mol. The van der Waals surface area contributed by atoms with Crippen LogP contribution in [0, 0.1) is 0 Å². The molecule has 0 radical (unpaired) electrons. The van der Waals surface area contributed by atoms with E-state index in [1.54, 1.807) is 32.0 Å². The Morgan fingerprint density at radius 2 is 1.55 bits per heavy atom. The molecule has 1 aliphatic carbocycles. The van der Waals surface area contributed by atoms with Gasteiger partial charge in [0.05, 0.1) is 16.6 Å². The van der Waals surface area contributed by atoms with Crippen molar-refractivity contribution in [2.45, 2.75) is 26.7 Å². The minimum atomic E-state index is -0.288. The van der Waals surface area contributed by atoms with E-state index in [0.29, 0.717) is 70.7 Å². The highest BCUT2D eigenvalue weighted by atomic mass is 16.5. The largest absolute Gasteiger partial charge is 0.464 e. The zero-order valence-electron chi connectivity index (χ0n) is 18.5. The molecule has 0 unspecified atom stereocenters. The number of benzene rings is 2. The smallest absolute Gasteiger partial charge is 0.305 e. The van der Waals surface area contributed by atoms with Crippen molar-refractivity contribution in [3.8, 4) is 11.3 Å². The third kappa shape index (κ3) is 4.39. The summed E-state index contributed by atoms with van der Waals surface area (Å²) in [5, 5.41) is 11.3. The van der Waals surface area contributed by atoms with Crippen LogP contribution in [0.2, 0.25) is 0 Å². The van der Waals surface area contributed by atoms with Gasteiger partial charge in [-0.25, -0.2) is 0 Å². The van der Waals surface area contributed by atoms with Gasteiger partial charge in [-0.2, -0.15) is 0 Å². The first-order valence-electron chi connectivity index (χ1n) is 10.9. The van der Waals surface area contributed by atoms with Crippen molar-refractivity contribution in [1.82, 2.24) is 5.16 Å². The molecule has 0 atom stereocenters. The number of ether oxygens (including phenoxy) is 2. The molecule has 3 aromatic rings. The highest BCUT2D eigenvalue weighted by Gasteiger charge is 2.32. The highest BCUT2D eigenvalue weighted by molar-refractivity contribution is 6.28. The molecule has 0 saturated carbocycles. The van der Waals surface area contributed by atoms with Gasteiger partial charge in [0.2, 0.25) is 0 Å². The lowest BCUT2D eigenvalue weighted by Gasteiger charge is -2.19. The van der Waals surface area contributed by atoms with E-state index in [9.17, 15) is 14.4 Å². The van der Waals surface area contributed by atoms with Crippen molar-refractivity contribution in [1.29, 1.82) is 0 Å². The number of nitrogens with one attached hydrogen (secondary N) is 2. The van der Waals surface area contributed by atoms with E-state index in [2.05, 4.69) is 15.8 Å². The van der Waals surface area contributed by atoms with Gasteiger partial charge in [0.1, 0.15) is 18.7 Å². The monoisotopic (exact) mass is 451 g/mol. The number of esters is 2. The van der Waals surface area contributed by atoms with Gasteiger partial charge in [0, 0.05) is 42.7 Å². The molecule has 0 fully saturated rings. The van der Waals surface area contributed by atoms with Crippen LogP contribution in [-0.4, -0.2) is 49.2 Å². The van der Waals surface area contributed by atoms with E-state index in [1.165, 1.54) is 0 Å². The van der Waals surface area contributed by atoms with Crippen LogP contribution in [-0.2, 0) is 19.1 Å². The molecule has 2 N–H and O–H groups in total. The van der Waals surface area contributed by atoms with Gasteiger partial charge in [-0.1, -0.05) is 43.3 Å². The summed E-state index contributed by atoms with van der Waals surface area (Å²) < 4.78 is 15.9. The molecule has 33 heavy (non-hydrogen) atoms. The Bertz CT molecular complexity index is 1220. The van der Waals surface area contributed by atoms with Gasteiger partial charge in [-0.3, -0.25) is 14.4 Å². The normalized spacial score (nSPS) is 11.8. The maximum absolute atomic E-state index is 13.4. The van der Waals surface area contributed by atoms with Gasteiger partial charge in [-0.15, -0.1) is 0 Å². The first-order chi connectivity index (χ1) is 16.0. The van der Waals surface area contributed by atoms with Crippen molar-refractivity contribution in [2.24, 2.45) is 0 Å². The Labute approximate surface area is 190 Å². The molecule has 4 rings (SSSR count). The minimum Gasteiger partial charge on any atom is -0.464 e. The van der Waals surface area contributed by atoms with Gasteiger partial charge < -0.3 is 24.6 Å². The second-order valence-electron chi connectivity index (χ2n) is 7.46. The molecular formula is C24H25N3O6. The van der Waals surface area contributed by atoms with Crippen LogP contribution in [0.25, 0.3) is 22.2 Å². The van der Waals surface area contributed by atoms with Crippen molar-refractivity contribution < 1.29 is 28.4 Å². The van der Waals surface area contributed by atoms with E-state index >= 15 is 0 Å².